The topological polar surface area (TPSA) is 42.1 Å². The van der Waals surface area contributed by atoms with Gasteiger partial charge in [0, 0.05) is 11.1 Å². The maximum Gasteiger partial charge on any atom is 0.180 e. The summed E-state index contributed by atoms with van der Waals surface area (Å²) < 4.78 is 0. The van der Waals surface area contributed by atoms with E-state index in [1.165, 1.54) is 30.8 Å². The van der Waals surface area contributed by atoms with Crippen LogP contribution in [0, 0.1) is 5.41 Å². The smallest absolute Gasteiger partial charge is 0.180 e. The van der Waals surface area contributed by atoms with E-state index in [9.17, 15) is 0 Å². The van der Waals surface area contributed by atoms with E-state index in [2.05, 4.69) is 30.7 Å². The maximum atomic E-state index is 5.75. The second-order valence-corrected chi connectivity index (χ2v) is 6.71. The molecule has 0 amide bonds. The summed E-state index contributed by atoms with van der Waals surface area (Å²) in [6.07, 6.45) is 4.59. The standard InChI is InChI=1S/C12H21N3S/c1-12(2,3)10(15-6-4-5-7-15)9-8-14-11(13)16-9/h8,10H,4-7H2,1-3H3,(H2,13,14). The molecule has 1 aliphatic rings. The molecule has 1 unspecified atom stereocenters. The van der Waals surface area contributed by atoms with Gasteiger partial charge in [-0.1, -0.05) is 20.8 Å². The number of anilines is 1. The predicted molar refractivity (Wildman–Crippen MR) is 69.5 cm³/mol. The highest BCUT2D eigenvalue weighted by molar-refractivity contribution is 7.15. The zero-order chi connectivity index (χ0) is 11.8. The second-order valence-electron chi connectivity index (χ2n) is 5.61. The number of hydrogen-bond acceptors (Lipinski definition) is 4. The molecule has 0 aromatic carbocycles. The number of aromatic nitrogens is 1. The molecule has 0 saturated carbocycles. The van der Waals surface area contributed by atoms with E-state index >= 15 is 0 Å². The molecule has 4 heteroatoms. The van der Waals surface area contributed by atoms with E-state index < -0.39 is 0 Å². The van der Waals surface area contributed by atoms with E-state index in [4.69, 9.17) is 5.73 Å². The van der Waals surface area contributed by atoms with Gasteiger partial charge in [0.15, 0.2) is 5.13 Å². The Balaban J connectivity index is 2.27. The lowest BCUT2D eigenvalue weighted by molar-refractivity contribution is 0.128. The summed E-state index contributed by atoms with van der Waals surface area (Å²) in [5, 5.41) is 0.684. The highest BCUT2D eigenvalue weighted by Crippen LogP contribution is 2.42. The molecule has 1 atom stereocenters. The monoisotopic (exact) mass is 239 g/mol. The van der Waals surface area contributed by atoms with E-state index in [1.54, 1.807) is 11.3 Å². The van der Waals surface area contributed by atoms with E-state index in [0.717, 1.165) is 0 Å². The zero-order valence-electron chi connectivity index (χ0n) is 10.4. The Morgan fingerprint density at radius 2 is 2.00 bits per heavy atom. The largest absolute Gasteiger partial charge is 0.375 e. The SMILES string of the molecule is CC(C)(C)C(c1cnc(N)s1)N1CCCC1. The number of rotatable bonds is 2. The lowest BCUT2D eigenvalue weighted by Crippen LogP contribution is -2.34. The van der Waals surface area contributed by atoms with Crippen molar-refractivity contribution in [3.63, 3.8) is 0 Å². The number of nitrogens with zero attached hydrogens (tertiary/aromatic N) is 2. The van der Waals surface area contributed by atoms with Gasteiger partial charge in [-0.3, -0.25) is 4.90 Å². The molecular formula is C12H21N3S. The summed E-state index contributed by atoms with van der Waals surface area (Å²) in [7, 11) is 0. The van der Waals surface area contributed by atoms with E-state index in [-0.39, 0.29) is 5.41 Å². The molecule has 0 aliphatic carbocycles. The molecule has 3 nitrogen and oxygen atoms in total. The Bertz CT molecular complexity index is 347. The number of nitrogens with two attached hydrogens (primary N) is 1. The number of nitrogen functional groups attached to an aromatic ring is 1. The van der Waals surface area contributed by atoms with E-state index in [1.807, 2.05) is 6.20 Å². The van der Waals surface area contributed by atoms with Crippen LogP contribution in [0.4, 0.5) is 5.13 Å². The highest BCUT2D eigenvalue weighted by Gasteiger charge is 2.34. The van der Waals surface area contributed by atoms with Crippen molar-refractivity contribution < 1.29 is 0 Å². The molecule has 0 spiro atoms. The lowest BCUT2D eigenvalue weighted by atomic mass is 9.85. The first kappa shape index (κ1) is 11.9. The molecule has 1 aromatic rings. The normalized spacial score (nSPS) is 20.2. The molecular weight excluding hydrogens is 218 g/mol. The van der Waals surface area contributed by atoms with Crippen LogP contribution in [0.25, 0.3) is 0 Å². The van der Waals surface area contributed by atoms with Crippen molar-refractivity contribution in [1.82, 2.24) is 9.88 Å². The van der Waals surface area contributed by atoms with Crippen molar-refractivity contribution in [2.45, 2.75) is 39.7 Å². The summed E-state index contributed by atoms with van der Waals surface area (Å²) in [4.78, 5) is 8.08. The molecule has 1 aromatic heterocycles. The molecule has 1 fully saturated rings. The van der Waals surface area contributed by atoms with Crippen LogP contribution in [0.15, 0.2) is 6.20 Å². The summed E-state index contributed by atoms with van der Waals surface area (Å²) in [5.74, 6) is 0. The average Bonchev–Trinajstić information content (AvgIpc) is 2.76. The van der Waals surface area contributed by atoms with Gasteiger partial charge >= 0.3 is 0 Å². The summed E-state index contributed by atoms with van der Waals surface area (Å²) in [5.41, 5.74) is 5.99. The number of hydrogen-bond donors (Lipinski definition) is 1. The van der Waals surface area contributed by atoms with Gasteiger partial charge in [0.2, 0.25) is 0 Å². The van der Waals surface area contributed by atoms with Crippen molar-refractivity contribution in [3.05, 3.63) is 11.1 Å². The van der Waals surface area contributed by atoms with Gasteiger partial charge in [-0.2, -0.15) is 0 Å². The van der Waals surface area contributed by atoms with Crippen molar-refractivity contribution >= 4 is 16.5 Å². The lowest BCUT2D eigenvalue weighted by Gasteiger charge is -2.37. The van der Waals surface area contributed by atoms with Gasteiger partial charge in [-0.25, -0.2) is 4.98 Å². The maximum absolute atomic E-state index is 5.75. The van der Waals surface area contributed by atoms with Gasteiger partial charge in [-0.15, -0.1) is 11.3 Å². The molecule has 90 valence electrons. The first-order valence-corrected chi connectivity index (χ1v) is 6.75. The Morgan fingerprint density at radius 1 is 1.38 bits per heavy atom. The molecule has 0 radical (unpaired) electrons. The average molecular weight is 239 g/mol. The van der Waals surface area contributed by atoms with E-state index in [0.29, 0.717) is 11.2 Å². The van der Waals surface area contributed by atoms with Crippen LogP contribution in [0.3, 0.4) is 0 Å². The molecule has 2 rings (SSSR count). The third-order valence-electron chi connectivity index (χ3n) is 3.14. The number of likely N-dealkylation sites (tertiary alicyclic amines) is 1. The fraction of sp³-hybridized carbons (Fsp3) is 0.750. The van der Waals surface area contributed by atoms with Gasteiger partial charge in [0.25, 0.3) is 0 Å². The summed E-state index contributed by atoms with van der Waals surface area (Å²) >= 11 is 1.63. The quantitative estimate of drug-likeness (QED) is 0.863. The summed E-state index contributed by atoms with van der Waals surface area (Å²) in [6.45, 7) is 9.31. The van der Waals surface area contributed by atoms with Crippen LogP contribution in [0.1, 0.15) is 44.5 Å². The Morgan fingerprint density at radius 3 is 2.44 bits per heavy atom. The predicted octanol–water partition coefficient (Wildman–Crippen LogP) is 2.91. The Kier molecular flexibility index (Phi) is 3.22. The Labute approximate surface area is 102 Å². The zero-order valence-corrected chi connectivity index (χ0v) is 11.2. The van der Waals surface area contributed by atoms with Crippen LogP contribution < -0.4 is 5.73 Å². The van der Waals surface area contributed by atoms with Crippen molar-refractivity contribution in [1.29, 1.82) is 0 Å². The van der Waals surface area contributed by atoms with Crippen molar-refractivity contribution in [2.24, 2.45) is 5.41 Å². The molecule has 0 bridgehead atoms. The van der Waals surface area contributed by atoms with Gasteiger partial charge < -0.3 is 5.73 Å². The second kappa shape index (κ2) is 4.34. The fourth-order valence-corrected chi connectivity index (χ4v) is 3.65. The van der Waals surface area contributed by atoms with Crippen LogP contribution >= 0.6 is 11.3 Å². The molecule has 16 heavy (non-hydrogen) atoms. The molecule has 2 N–H and O–H groups in total. The third kappa shape index (κ3) is 2.38. The van der Waals surface area contributed by atoms with Crippen molar-refractivity contribution in [3.8, 4) is 0 Å². The van der Waals surface area contributed by atoms with Gasteiger partial charge in [-0.05, 0) is 31.3 Å². The van der Waals surface area contributed by atoms with Crippen LogP contribution in [0.5, 0.6) is 0 Å². The van der Waals surface area contributed by atoms with Gasteiger partial charge in [0.05, 0.1) is 6.04 Å². The molecule has 1 saturated heterocycles. The fourth-order valence-electron chi connectivity index (χ4n) is 2.58. The first-order valence-electron chi connectivity index (χ1n) is 5.94. The number of thiazole rings is 1. The van der Waals surface area contributed by atoms with Crippen LogP contribution in [-0.2, 0) is 0 Å². The first-order chi connectivity index (χ1) is 7.48. The summed E-state index contributed by atoms with van der Waals surface area (Å²) in [6, 6.07) is 0.463. The minimum atomic E-state index is 0.239. The molecule has 2 heterocycles. The minimum absolute atomic E-state index is 0.239. The molecule has 1 aliphatic heterocycles. The van der Waals surface area contributed by atoms with Crippen LogP contribution in [0.2, 0.25) is 0 Å². The minimum Gasteiger partial charge on any atom is -0.375 e. The third-order valence-corrected chi connectivity index (χ3v) is 4.02. The van der Waals surface area contributed by atoms with Crippen molar-refractivity contribution in [2.75, 3.05) is 18.8 Å². The Hall–Kier alpha value is -0.610. The van der Waals surface area contributed by atoms with Crippen LogP contribution in [-0.4, -0.2) is 23.0 Å². The highest BCUT2D eigenvalue weighted by atomic mass is 32.1. The van der Waals surface area contributed by atoms with Gasteiger partial charge in [0.1, 0.15) is 0 Å².